The van der Waals surface area contributed by atoms with Crippen LogP contribution in [0.15, 0.2) is 42.5 Å². The van der Waals surface area contributed by atoms with Gasteiger partial charge in [-0.3, -0.25) is 9.59 Å². The van der Waals surface area contributed by atoms with E-state index in [1.54, 1.807) is 12.1 Å². The Morgan fingerprint density at radius 1 is 0.870 bits per heavy atom. The molecule has 2 N–H and O–H groups in total. The molecule has 0 saturated heterocycles. The molecule has 0 atom stereocenters. The Hall–Kier alpha value is -2.04. The van der Waals surface area contributed by atoms with Crippen molar-refractivity contribution in [3.8, 4) is 0 Å². The molecule has 2 rings (SSSR count). The summed E-state index contributed by atoms with van der Waals surface area (Å²) in [6, 6.07) is 12.2. The van der Waals surface area contributed by atoms with E-state index in [0.29, 0.717) is 21.4 Å². The number of hydrogen-bond acceptors (Lipinski definition) is 2. The number of hydrogen-bond donors (Lipinski definition) is 2. The van der Waals surface area contributed by atoms with Crippen molar-refractivity contribution in [3.63, 3.8) is 0 Å². The van der Waals surface area contributed by atoms with Crippen molar-refractivity contribution in [2.75, 3.05) is 10.6 Å². The van der Waals surface area contributed by atoms with Gasteiger partial charge in [-0.1, -0.05) is 42.3 Å². The maximum atomic E-state index is 11.9. The predicted octanol–water partition coefficient (Wildman–Crippen LogP) is 4.52. The van der Waals surface area contributed by atoms with Gasteiger partial charge in [-0.05, 0) is 42.3 Å². The second-order valence-corrected chi connectivity index (χ2v) is 5.77. The first-order valence-electron chi connectivity index (χ1n) is 7.11. The number of aryl methyl sites for hydroxylation is 1. The molecule has 0 aliphatic heterocycles. The topological polar surface area (TPSA) is 58.2 Å². The minimum absolute atomic E-state index is 0.282. The van der Waals surface area contributed by atoms with Crippen LogP contribution in [-0.2, 0) is 16.0 Å². The highest BCUT2D eigenvalue weighted by Gasteiger charge is 2.11. The van der Waals surface area contributed by atoms with Crippen LogP contribution in [0.3, 0.4) is 0 Å². The number of carbonyl (C=O) groups is 2. The van der Waals surface area contributed by atoms with Gasteiger partial charge >= 0.3 is 0 Å². The molecule has 0 aromatic heterocycles. The van der Waals surface area contributed by atoms with Gasteiger partial charge in [0.1, 0.15) is 6.42 Å². The molecule has 0 heterocycles. The Balaban J connectivity index is 1.88. The SMILES string of the molecule is CCc1ccc(NC(=O)CC(=O)Nc2ccc(Cl)c(Cl)c2)cc1. The molecule has 0 spiro atoms. The van der Waals surface area contributed by atoms with Gasteiger partial charge in [0, 0.05) is 11.4 Å². The summed E-state index contributed by atoms with van der Waals surface area (Å²) >= 11 is 11.7. The quantitative estimate of drug-likeness (QED) is 0.778. The Morgan fingerprint density at radius 2 is 1.43 bits per heavy atom. The maximum Gasteiger partial charge on any atom is 0.233 e. The standard InChI is InChI=1S/C17H16Cl2N2O2/c1-2-11-3-5-12(6-4-11)20-16(22)10-17(23)21-13-7-8-14(18)15(19)9-13/h3-9H,2,10H2,1H3,(H,20,22)(H,21,23). The Morgan fingerprint density at radius 3 is 2.00 bits per heavy atom. The summed E-state index contributed by atoms with van der Waals surface area (Å²) in [5.41, 5.74) is 2.33. The molecule has 0 aliphatic rings. The second-order valence-electron chi connectivity index (χ2n) is 4.95. The van der Waals surface area contributed by atoms with E-state index in [-0.39, 0.29) is 12.3 Å². The van der Waals surface area contributed by atoms with Crippen molar-refractivity contribution in [1.82, 2.24) is 0 Å². The molecular formula is C17H16Cl2N2O2. The lowest BCUT2D eigenvalue weighted by Gasteiger charge is -2.08. The molecule has 6 heteroatoms. The van der Waals surface area contributed by atoms with Crippen molar-refractivity contribution in [2.24, 2.45) is 0 Å². The highest BCUT2D eigenvalue weighted by atomic mass is 35.5. The maximum absolute atomic E-state index is 11.9. The van der Waals surface area contributed by atoms with Gasteiger partial charge in [0.25, 0.3) is 0 Å². The smallest absolute Gasteiger partial charge is 0.233 e. The van der Waals surface area contributed by atoms with Crippen LogP contribution in [0, 0.1) is 0 Å². The molecule has 2 aromatic rings. The molecule has 0 fully saturated rings. The van der Waals surface area contributed by atoms with Crippen molar-refractivity contribution in [1.29, 1.82) is 0 Å². The summed E-state index contributed by atoms with van der Waals surface area (Å²) in [7, 11) is 0. The van der Waals surface area contributed by atoms with Gasteiger partial charge in [0.05, 0.1) is 10.0 Å². The number of benzene rings is 2. The highest BCUT2D eigenvalue weighted by molar-refractivity contribution is 6.42. The lowest BCUT2D eigenvalue weighted by Crippen LogP contribution is -2.21. The Labute approximate surface area is 144 Å². The number of amides is 2. The lowest BCUT2D eigenvalue weighted by atomic mass is 10.1. The molecule has 2 aromatic carbocycles. The number of anilines is 2. The van der Waals surface area contributed by atoms with E-state index in [1.807, 2.05) is 24.3 Å². The second kappa shape index (κ2) is 7.99. The first-order valence-corrected chi connectivity index (χ1v) is 7.87. The van der Waals surface area contributed by atoms with Crippen LogP contribution in [0.1, 0.15) is 18.9 Å². The van der Waals surface area contributed by atoms with E-state index in [2.05, 4.69) is 17.6 Å². The van der Waals surface area contributed by atoms with Crippen molar-refractivity contribution < 1.29 is 9.59 Å². The van der Waals surface area contributed by atoms with E-state index in [1.165, 1.54) is 11.6 Å². The van der Waals surface area contributed by atoms with Gasteiger partial charge < -0.3 is 10.6 Å². The zero-order valence-electron chi connectivity index (χ0n) is 12.5. The third-order valence-electron chi connectivity index (χ3n) is 3.17. The minimum atomic E-state index is -0.425. The van der Waals surface area contributed by atoms with Crippen molar-refractivity contribution in [2.45, 2.75) is 19.8 Å². The zero-order chi connectivity index (χ0) is 16.8. The molecule has 0 saturated carbocycles. The summed E-state index contributed by atoms with van der Waals surface area (Å²) in [6.07, 6.45) is 0.649. The summed E-state index contributed by atoms with van der Waals surface area (Å²) < 4.78 is 0. The third kappa shape index (κ3) is 5.27. The van der Waals surface area contributed by atoms with Gasteiger partial charge in [-0.25, -0.2) is 0 Å². The Kier molecular flexibility index (Phi) is 6.02. The fourth-order valence-electron chi connectivity index (χ4n) is 1.95. The monoisotopic (exact) mass is 350 g/mol. The van der Waals surface area contributed by atoms with Crippen molar-refractivity contribution in [3.05, 3.63) is 58.1 Å². The molecule has 0 bridgehead atoms. The number of rotatable bonds is 5. The number of carbonyl (C=O) groups excluding carboxylic acids is 2. The molecule has 0 unspecified atom stereocenters. The van der Waals surface area contributed by atoms with E-state index < -0.39 is 5.91 Å². The predicted molar refractivity (Wildman–Crippen MR) is 94.2 cm³/mol. The van der Waals surface area contributed by atoms with Crippen LogP contribution in [0.5, 0.6) is 0 Å². The summed E-state index contributed by atoms with van der Waals surface area (Å²) in [5, 5.41) is 6.02. The fourth-order valence-corrected chi connectivity index (χ4v) is 2.25. The van der Waals surface area contributed by atoms with Crippen LogP contribution >= 0.6 is 23.2 Å². The first-order chi connectivity index (χ1) is 11.0. The average Bonchev–Trinajstić information content (AvgIpc) is 2.51. The average molecular weight is 351 g/mol. The summed E-state index contributed by atoms with van der Waals surface area (Å²) in [4.78, 5) is 23.7. The van der Waals surface area contributed by atoms with Crippen molar-refractivity contribution >= 4 is 46.4 Å². The van der Waals surface area contributed by atoms with E-state index in [9.17, 15) is 9.59 Å². The molecule has 2 amide bonds. The van der Waals surface area contributed by atoms with Gasteiger partial charge in [0.2, 0.25) is 11.8 Å². The third-order valence-corrected chi connectivity index (χ3v) is 3.91. The van der Waals surface area contributed by atoms with Gasteiger partial charge in [-0.15, -0.1) is 0 Å². The van der Waals surface area contributed by atoms with Crippen LogP contribution in [0.2, 0.25) is 10.0 Å². The van der Waals surface area contributed by atoms with Gasteiger partial charge in [-0.2, -0.15) is 0 Å². The molecule has 0 radical (unpaired) electrons. The summed E-state index contributed by atoms with van der Waals surface area (Å²) in [5.74, 6) is -0.808. The molecule has 23 heavy (non-hydrogen) atoms. The fraction of sp³-hybridized carbons (Fsp3) is 0.176. The van der Waals surface area contributed by atoms with Gasteiger partial charge in [0.15, 0.2) is 0 Å². The van der Waals surface area contributed by atoms with Crippen LogP contribution in [-0.4, -0.2) is 11.8 Å². The first kappa shape index (κ1) is 17.3. The lowest BCUT2D eigenvalue weighted by molar-refractivity contribution is -0.123. The molecular weight excluding hydrogens is 335 g/mol. The van der Waals surface area contributed by atoms with E-state index in [4.69, 9.17) is 23.2 Å². The normalized spacial score (nSPS) is 10.2. The zero-order valence-corrected chi connectivity index (χ0v) is 14.0. The number of nitrogens with one attached hydrogen (secondary N) is 2. The Bertz CT molecular complexity index is 715. The van der Waals surface area contributed by atoms with Crippen LogP contribution in [0.25, 0.3) is 0 Å². The largest absolute Gasteiger partial charge is 0.326 e. The molecule has 120 valence electrons. The number of halogens is 2. The minimum Gasteiger partial charge on any atom is -0.326 e. The molecule has 4 nitrogen and oxygen atoms in total. The van der Waals surface area contributed by atoms with Crippen LogP contribution < -0.4 is 10.6 Å². The van der Waals surface area contributed by atoms with Crippen LogP contribution in [0.4, 0.5) is 11.4 Å². The molecule has 0 aliphatic carbocycles. The van der Waals surface area contributed by atoms with E-state index >= 15 is 0 Å². The summed E-state index contributed by atoms with van der Waals surface area (Å²) in [6.45, 7) is 2.06. The van der Waals surface area contributed by atoms with E-state index in [0.717, 1.165) is 6.42 Å². The highest BCUT2D eigenvalue weighted by Crippen LogP contribution is 2.25.